The molecule has 2 nitrogen and oxygen atoms in total. The van der Waals surface area contributed by atoms with Crippen molar-refractivity contribution >= 4 is 15.9 Å². The maximum absolute atomic E-state index is 13.3. The Labute approximate surface area is 104 Å². The number of benzene rings is 1. The minimum Gasteiger partial charge on any atom is -0.391 e. The third kappa shape index (κ3) is 3.54. The van der Waals surface area contributed by atoms with Gasteiger partial charge in [-0.2, -0.15) is 0 Å². The minimum absolute atomic E-state index is 0.351. The fourth-order valence-electron chi connectivity index (χ4n) is 1.53. The Morgan fingerprint density at radius 2 is 2.19 bits per heavy atom. The van der Waals surface area contributed by atoms with Crippen molar-refractivity contribution in [3.05, 3.63) is 34.1 Å². The number of hydrogen-bond donors (Lipinski definition) is 2. The van der Waals surface area contributed by atoms with E-state index in [1.165, 1.54) is 6.07 Å². The lowest BCUT2D eigenvalue weighted by Gasteiger charge is -2.19. The van der Waals surface area contributed by atoms with Crippen molar-refractivity contribution in [2.75, 3.05) is 0 Å². The van der Waals surface area contributed by atoms with Gasteiger partial charge in [-0.15, -0.1) is 0 Å². The number of aliphatic hydroxyl groups is 1. The van der Waals surface area contributed by atoms with Crippen LogP contribution in [0, 0.1) is 5.82 Å². The molecule has 1 aromatic rings. The Morgan fingerprint density at radius 3 is 2.75 bits per heavy atom. The number of aliphatic hydroxyl groups excluding tert-OH is 1. The van der Waals surface area contributed by atoms with Gasteiger partial charge < -0.3 is 10.8 Å². The predicted octanol–water partition coefficient (Wildman–Crippen LogP) is 3.14. The van der Waals surface area contributed by atoms with Crippen LogP contribution in [0.2, 0.25) is 0 Å². The normalized spacial score (nSPS) is 14.8. The molecule has 0 aromatic heterocycles. The van der Waals surface area contributed by atoms with Gasteiger partial charge in [0.15, 0.2) is 0 Å². The molecule has 1 rings (SSSR count). The van der Waals surface area contributed by atoms with Crippen LogP contribution in [-0.4, -0.2) is 11.2 Å². The number of nitrogens with two attached hydrogens (primary N) is 1. The summed E-state index contributed by atoms with van der Waals surface area (Å²) in [6.45, 7) is 2.05. The van der Waals surface area contributed by atoms with Crippen molar-refractivity contribution in [3.63, 3.8) is 0 Å². The van der Waals surface area contributed by atoms with Crippen LogP contribution in [0.5, 0.6) is 0 Å². The van der Waals surface area contributed by atoms with Gasteiger partial charge in [-0.05, 0) is 40.0 Å². The van der Waals surface area contributed by atoms with E-state index in [0.29, 0.717) is 16.5 Å². The van der Waals surface area contributed by atoms with Gasteiger partial charge in [0.1, 0.15) is 5.82 Å². The Hall–Kier alpha value is -0.450. The van der Waals surface area contributed by atoms with Crippen molar-refractivity contribution in [1.29, 1.82) is 0 Å². The molecule has 0 amide bonds. The van der Waals surface area contributed by atoms with E-state index < -0.39 is 12.1 Å². The van der Waals surface area contributed by atoms with E-state index in [1.54, 1.807) is 12.1 Å². The lowest BCUT2D eigenvalue weighted by molar-refractivity contribution is 0.132. The molecule has 1 aromatic carbocycles. The molecule has 0 spiro atoms. The molecule has 0 aliphatic carbocycles. The number of unbranched alkanes of at least 4 members (excludes halogenated alkanes) is 1. The van der Waals surface area contributed by atoms with Crippen molar-refractivity contribution in [3.8, 4) is 0 Å². The molecule has 2 atom stereocenters. The monoisotopic (exact) mass is 289 g/mol. The highest BCUT2D eigenvalue weighted by Crippen LogP contribution is 2.23. The van der Waals surface area contributed by atoms with E-state index in [4.69, 9.17) is 5.73 Å². The first-order chi connectivity index (χ1) is 7.56. The van der Waals surface area contributed by atoms with Gasteiger partial charge in [0, 0.05) is 0 Å². The van der Waals surface area contributed by atoms with Crippen molar-refractivity contribution in [2.24, 2.45) is 5.73 Å². The van der Waals surface area contributed by atoms with Crippen LogP contribution < -0.4 is 5.73 Å². The van der Waals surface area contributed by atoms with E-state index in [-0.39, 0.29) is 5.82 Å². The lowest BCUT2D eigenvalue weighted by atomic mass is 9.98. The number of halogens is 2. The molecule has 4 heteroatoms. The molecule has 0 aliphatic rings. The molecule has 0 bridgehead atoms. The molecular formula is C12H17BrFNO. The summed E-state index contributed by atoms with van der Waals surface area (Å²) in [7, 11) is 0. The summed E-state index contributed by atoms with van der Waals surface area (Å²) in [6, 6.07) is 4.18. The zero-order valence-electron chi connectivity index (χ0n) is 9.29. The summed E-state index contributed by atoms with van der Waals surface area (Å²) in [5.41, 5.74) is 6.50. The third-order valence-electron chi connectivity index (χ3n) is 2.60. The zero-order valence-corrected chi connectivity index (χ0v) is 10.9. The Balaban J connectivity index is 2.71. The highest BCUT2D eigenvalue weighted by atomic mass is 79.9. The number of hydrogen-bond acceptors (Lipinski definition) is 2. The maximum Gasteiger partial charge on any atom is 0.137 e. The zero-order chi connectivity index (χ0) is 12.1. The standard InChI is InChI=1S/C12H17BrFNO/c1-2-3-4-11(16)12(15)8-5-6-9(13)10(14)7-8/h5-7,11-12,16H,2-4,15H2,1H3/t11-,12+/m0/s1. The quantitative estimate of drug-likeness (QED) is 0.875. The van der Waals surface area contributed by atoms with Crippen LogP contribution in [0.25, 0.3) is 0 Å². The highest BCUT2D eigenvalue weighted by Gasteiger charge is 2.17. The lowest BCUT2D eigenvalue weighted by Crippen LogP contribution is -2.26. The molecule has 0 saturated carbocycles. The second-order valence-corrected chi connectivity index (χ2v) is 4.76. The van der Waals surface area contributed by atoms with Gasteiger partial charge in [-0.25, -0.2) is 4.39 Å². The molecule has 90 valence electrons. The topological polar surface area (TPSA) is 46.2 Å². The maximum atomic E-state index is 13.3. The molecule has 0 unspecified atom stereocenters. The van der Waals surface area contributed by atoms with Crippen LogP contribution in [0.15, 0.2) is 22.7 Å². The van der Waals surface area contributed by atoms with Gasteiger partial charge in [0.05, 0.1) is 16.6 Å². The summed E-state index contributed by atoms with van der Waals surface area (Å²) in [4.78, 5) is 0. The highest BCUT2D eigenvalue weighted by molar-refractivity contribution is 9.10. The van der Waals surface area contributed by atoms with E-state index in [2.05, 4.69) is 22.9 Å². The first-order valence-electron chi connectivity index (χ1n) is 5.44. The molecule has 3 N–H and O–H groups in total. The van der Waals surface area contributed by atoms with E-state index in [0.717, 1.165) is 12.8 Å². The van der Waals surface area contributed by atoms with Crippen LogP contribution in [-0.2, 0) is 0 Å². The van der Waals surface area contributed by atoms with Crippen molar-refractivity contribution in [2.45, 2.75) is 38.3 Å². The van der Waals surface area contributed by atoms with Gasteiger partial charge in [0.2, 0.25) is 0 Å². The van der Waals surface area contributed by atoms with Crippen LogP contribution >= 0.6 is 15.9 Å². The van der Waals surface area contributed by atoms with Crippen LogP contribution in [0.1, 0.15) is 37.8 Å². The molecule has 16 heavy (non-hydrogen) atoms. The first-order valence-corrected chi connectivity index (χ1v) is 6.24. The molecule has 0 heterocycles. The summed E-state index contributed by atoms with van der Waals surface area (Å²) >= 11 is 3.08. The fraction of sp³-hybridized carbons (Fsp3) is 0.500. The largest absolute Gasteiger partial charge is 0.391 e. The SMILES string of the molecule is CCCC[C@H](O)[C@H](N)c1ccc(Br)c(F)c1. The van der Waals surface area contributed by atoms with E-state index >= 15 is 0 Å². The average molecular weight is 290 g/mol. The van der Waals surface area contributed by atoms with Gasteiger partial charge >= 0.3 is 0 Å². The Bertz CT molecular complexity index is 346. The molecule has 0 radical (unpaired) electrons. The fourth-order valence-corrected chi connectivity index (χ4v) is 1.78. The molecule has 0 fully saturated rings. The van der Waals surface area contributed by atoms with Gasteiger partial charge in [-0.3, -0.25) is 0 Å². The van der Waals surface area contributed by atoms with Gasteiger partial charge in [-0.1, -0.05) is 25.8 Å². The molecular weight excluding hydrogens is 273 g/mol. The molecule has 0 saturated heterocycles. The predicted molar refractivity (Wildman–Crippen MR) is 66.6 cm³/mol. The Morgan fingerprint density at radius 1 is 1.50 bits per heavy atom. The first kappa shape index (κ1) is 13.6. The summed E-state index contributed by atoms with van der Waals surface area (Å²) in [6.07, 6.45) is 1.97. The van der Waals surface area contributed by atoms with Crippen molar-refractivity contribution < 1.29 is 9.50 Å². The van der Waals surface area contributed by atoms with Gasteiger partial charge in [0.25, 0.3) is 0 Å². The minimum atomic E-state index is -0.611. The molecule has 0 aliphatic heterocycles. The second-order valence-electron chi connectivity index (χ2n) is 3.91. The third-order valence-corrected chi connectivity index (χ3v) is 3.24. The average Bonchev–Trinajstić information content (AvgIpc) is 2.28. The number of rotatable bonds is 5. The van der Waals surface area contributed by atoms with Crippen LogP contribution in [0.4, 0.5) is 4.39 Å². The second kappa shape index (κ2) is 6.33. The van der Waals surface area contributed by atoms with E-state index in [9.17, 15) is 9.50 Å². The summed E-state index contributed by atoms with van der Waals surface area (Å²) in [5, 5.41) is 9.80. The van der Waals surface area contributed by atoms with Crippen LogP contribution in [0.3, 0.4) is 0 Å². The van der Waals surface area contributed by atoms with E-state index in [1.807, 2.05) is 0 Å². The smallest absolute Gasteiger partial charge is 0.137 e. The Kier molecular flexibility index (Phi) is 5.38. The summed E-state index contributed by atoms with van der Waals surface area (Å²) < 4.78 is 13.7. The van der Waals surface area contributed by atoms with Crippen molar-refractivity contribution in [1.82, 2.24) is 0 Å². The summed E-state index contributed by atoms with van der Waals surface area (Å²) in [5.74, 6) is -0.351.